The van der Waals surface area contributed by atoms with Gasteiger partial charge in [0, 0.05) is 19.5 Å². The van der Waals surface area contributed by atoms with E-state index < -0.39 is 9.84 Å². The molecular formula is C11H20N4O3S2. The molecule has 0 atom stereocenters. The maximum absolute atomic E-state index is 11.9. The molecule has 1 rings (SSSR count). The number of nitrogens with one attached hydrogen (secondary N) is 2. The van der Waals surface area contributed by atoms with Crippen molar-refractivity contribution in [1.29, 1.82) is 0 Å². The molecule has 0 bridgehead atoms. The first-order valence-electron chi connectivity index (χ1n) is 6.40. The third kappa shape index (κ3) is 4.34. The van der Waals surface area contributed by atoms with Crippen LogP contribution >= 0.6 is 11.5 Å². The summed E-state index contributed by atoms with van der Waals surface area (Å²) in [6, 6.07) is 0. The van der Waals surface area contributed by atoms with Crippen LogP contribution in [0.1, 0.15) is 26.7 Å². The Balaban J connectivity index is 2.64. The van der Waals surface area contributed by atoms with E-state index in [9.17, 15) is 13.2 Å². The third-order valence-electron chi connectivity index (χ3n) is 2.57. The molecule has 1 aromatic heterocycles. The van der Waals surface area contributed by atoms with Crippen LogP contribution < -0.4 is 16.4 Å². The molecule has 1 heterocycles. The summed E-state index contributed by atoms with van der Waals surface area (Å²) < 4.78 is 27.7. The summed E-state index contributed by atoms with van der Waals surface area (Å²) in [6.45, 7) is 4.50. The zero-order valence-electron chi connectivity index (χ0n) is 11.6. The smallest absolute Gasteiger partial charge is 0.221 e. The molecule has 20 heavy (non-hydrogen) atoms. The second kappa shape index (κ2) is 7.44. The zero-order chi connectivity index (χ0) is 15.2. The van der Waals surface area contributed by atoms with E-state index in [1.54, 1.807) is 6.92 Å². The van der Waals surface area contributed by atoms with E-state index in [0.29, 0.717) is 18.1 Å². The maximum Gasteiger partial charge on any atom is 0.221 e. The van der Waals surface area contributed by atoms with Gasteiger partial charge in [-0.3, -0.25) is 4.79 Å². The highest BCUT2D eigenvalue weighted by atomic mass is 32.2. The summed E-state index contributed by atoms with van der Waals surface area (Å²) in [5.41, 5.74) is 5.60. The summed E-state index contributed by atoms with van der Waals surface area (Å²) in [7, 11) is -3.42. The van der Waals surface area contributed by atoms with Crippen LogP contribution in [0.3, 0.4) is 0 Å². The van der Waals surface area contributed by atoms with Crippen LogP contribution in [0, 0.1) is 0 Å². The lowest BCUT2D eigenvalue weighted by molar-refractivity contribution is -0.120. The van der Waals surface area contributed by atoms with E-state index in [1.807, 2.05) is 6.92 Å². The molecule has 0 fully saturated rings. The number of nitrogens with zero attached hydrogens (tertiary/aromatic N) is 1. The number of hydrogen-bond acceptors (Lipinski definition) is 7. The Morgan fingerprint density at radius 1 is 1.35 bits per heavy atom. The molecule has 0 unspecified atom stereocenters. The van der Waals surface area contributed by atoms with Crippen molar-refractivity contribution >= 4 is 38.1 Å². The van der Waals surface area contributed by atoms with Gasteiger partial charge in [0.2, 0.25) is 5.91 Å². The molecule has 0 radical (unpaired) electrons. The van der Waals surface area contributed by atoms with E-state index >= 15 is 0 Å². The van der Waals surface area contributed by atoms with Gasteiger partial charge in [-0.25, -0.2) is 8.42 Å². The number of hydrogen-bond donors (Lipinski definition) is 3. The summed E-state index contributed by atoms with van der Waals surface area (Å²) in [4.78, 5) is 11.5. The topological polar surface area (TPSA) is 114 Å². The van der Waals surface area contributed by atoms with Gasteiger partial charge < -0.3 is 16.4 Å². The van der Waals surface area contributed by atoms with Gasteiger partial charge in [-0.2, -0.15) is 4.37 Å². The fourth-order valence-corrected chi connectivity index (χ4v) is 3.69. The second-order valence-electron chi connectivity index (χ2n) is 4.16. The van der Waals surface area contributed by atoms with Crippen LogP contribution in [0.15, 0.2) is 4.90 Å². The quantitative estimate of drug-likeness (QED) is 0.654. The van der Waals surface area contributed by atoms with Crippen LogP contribution in [-0.2, 0) is 14.6 Å². The molecule has 0 aliphatic rings. The second-order valence-corrected chi connectivity index (χ2v) is 7.14. The predicted molar refractivity (Wildman–Crippen MR) is 80.7 cm³/mol. The summed E-state index contributed by atoms with van der Waals surface area (Å²) >= 11 is 0.991. The first-order valence-corrected chi connectivity index (χ1v) is 8.83. The van der Waals surface area contributed by atoms with E-state index in [0.717, 1.165) is 18.0 Å². The van der Waals surface area contributed by atoms with Crippen LogP contribution in [0.4, 0.5) is 10.8 Å². The fraction of sp³-hybridized carbons (Fsp3) is 0.636. The molecule has 0 aromatic carbocycles. The predicted octanol–water partition coefficient (Wildman–Crippen LogP) is 0.847. The molecule has 0 spiro atoms. The normalized spacial score (nSPS) is 11.3. The SMILES string of the molecule is CCCNC(=O)CCNc1snc(N)c1S(=O)(=O)CC. The van der Waals surface area contributed by atoms with Gasteiger partial charge in [-0.1, -0.05) is 13.8 Å². The van der Waals surface area contributed by atoms with Crippen molar-refractivity contribution in [3.05, 3.63) is 0 Å². The standard InChI is InChI=1S/C11H20N4O3S2/c1-3-6-13-8(16)5-7-14-11-9(10(12)15-19-11)20(17,18)4-2/h14H,3-7H2,1-2H3,(H2,12,15)(H,13,16). The molecule has 1 aromatic rings. The highest BCUT2D eigenvalue weighted by Crippen LogP contribution is 2.32. The molecule has 1 amide bonds. The van der Waals surface area contributed by atoms with E-state index in [-0.39, 0.29) is 28.8 Å². The van der Waals surface area contributed by atoms with Crippen LogP contribution in [0.2, 0.25) is 0 Å². The maximum atomic E-state index is 11.9. The fourth-order valence-electron chi connectivity index (χ4n) is 1.49. The average Bonchev–Trinajstić information content (AvgIpc) is 2.78. The Bertz CT molecular complexity index is 554. The lowest BCUT2D eigenvalue weighted by atomic mass is 10.4. The number of carbonyl (C=O) groups excluding carboxylic acids is 1. The lowest BCUT2D eigenvalue weighted by Gasteiger charge is -2.07. The molecule has 0 saturated carbocycles. The summed E-state index contributed by atoms with van der Waals surface area (Å²) in [6.07, 6.45) is 1.15. The first-order chi connectivity index (χ1) is 9.42. The van der Waals surface area contributed by atoms with Gasteiger partial charge in [-0.05, 0) is 18.0 Å². The van der Waals surface area contributed by atoms with Crippen molar-refractivity contribution in [2.24, 2.45) is 0 Å². The highest BCUT2D eigenvalue weighted by Gasteiger charge is 2.23. The number of rotatable bonds is 8. The monoisotopic (exact) mass is 320 g/mol. The van der Waals surface area contributed by atoms with Gasteiger partial charge in [0.1, 0.15) is 9.90 Å². The average molecular weight is 320 g/mol. The molecular weight excluding hydrogens is 300 g/mol. The molecule has 0 aliphatic carbocycles. The number of aromatic nitrogens is 1. The molecule has 7 nitrogen and oxygen atoms in total. The van der Waals surface area contributed by atoms with Gasteiger partial charge >= 0.3 is 0 Å². The van der Waals surface area contributed by atoms with Crippen LogP contribution in [0.25, 0.3) is 0 Å². The number of nitrogens with two attached hydrogens (primary N) is 1. The van der Waals surface area contributed by atoms with Gasteiger partial charge in [-0.15, -0.1) is 0 Å². The van der Waals surface area contributed by atoms with Crippen molar-refractivity contribution in [3.8, 4) is 0 Å². The minimum absolute atomic E-state index is 0.00906. The minimum Gasteiger partial charge on any atom is -0.382 e. The number of nitrogen functional groups attached to an aromatic ring is 1. The van der Waals surface area contributed by atoms with E-state index in [2.05, 4.69) is 15.0 Å². The number of sulfone groups is 1. The molecule has 0 aliphatic heterocycles. The third-order valence-corrected chi connectivity index (χ3v) is 5.32. The molecule has 0 saturated heterocycles. The van der Waals surface area contributed by atoms with Gasteiger partial charge in [0.15, 0.2) is 15.7 Å². The Hall–Kier alpha value is -1.35. The van der Waals surface area contributed by atoms with Crippen molar-refractivity contribution in [2.45, 2.75) is 31.6 Å². The summed E-state index contributed by atoms with van der Waals surface area (Å²) in [5.74, 6) is -0.104. The van der Waals surface area contributed by atoms with Crippen LogP contribution in [-0.4, -0.2) is 37.5 Å². The number of amides is 1. The summed E-state index contributed by atoms with van der Waals surface area (Å²) in [5, 5.41) is 6.06. The first kappa shape index (κ1) is 16.7. The Kier molecular flexibility index (Phi) is 6.21. The van der Waals surface area contributed by atoms with Crippen molar-refractivity contribution in [2.75, 3.05) is 29.9 Å². The van der Waals surface area contributed by atoms with E-state index in [1.165, 1.54) is 0 Å². The van der Waals surface area contributed by atoms with Gasteiger partial charge in [0.05, 0.1) is 5.75 Å². The molecule has 114 valence electrons. The Labute approximate surface area is 123 Å². The number of carbonyl (C=O) groups is 1. The van der Waals surface area contributed by atoms with Crippen molar-refractivity contribution in [3.63, 3.8) is 0 Å². The molecule has 4 N–H and O–H groups in total. The Morgan fingerprint density at radius 3 is 2.65 bits per heavy atom. The van der Waals surface area contributed by atoms with Crippen molar-refractivity contribution in [1.82, 2.24) is 9.69 Å². The largest absolute Gasteiger partial charge is 0.382 e. The van der Waals surface area contributed by atoms with Gasteiger partial charge in [0.25, 0.3) is 0 Å². The minimum atomic E-state index is -3.42. The zero-order valence-corrected chi connectivity index (χ0v) is 13.2. The highest BCUT2D eigenvalue weighted by molar-refractivity contribution is 7.91. The number of anilines is 2. The Morgan fingerprint density at radius 2 is 2.05 bits per heavy atom. The van der Waals surface area contributed by atoms with Crippen LogP contribution in [0.5, 0.6) is 0 Å². The van der Waals surface area contributed by atoms with E-state index in [4.69, 9.17) is 5.73 Å². The molecule has 9 heteroatoms. The lowest BCUT2D eigenvalue weighted by Crippen LogP contribution is -2.25. The van der Waals surface area contributed by atoms with Crippen molar-refractivity contribution < 1.29 is 13.2 Å².